The van der Waals surface area contributed by atoms with Crippen molar-refractivity contribution < 1.29 is 0 Å². The number of nitrogens with one attached hydrogen (secondary N) is 2. The first kappa shape index (κ1) is 20.8. The Kier molecular flexibility index (Phi) is 5.19. The second-order valence-corrected chi connectivity index (χ2v) is 9.39. The van der Waals surface area contributed by atoms with Crippen LogP contribution in [0, 0.1) is 0 Å². The van der Waals surface area contributed by atoms with Crippen molar-refractivity contribution in [1.82, 2.24) is 14.9 Å². The first-order valence-corrected chi connectivity index (χ1v) is 11.9. The molecule has 1 unspecified atom stereocenters. The third-order valence-corrected chi connectivity index (χ3v) is 7.04. The summed E-state index contributed by atoms with van der Waals surface area (Å²) in [6.07, 6.45) is 5.07. The van der Waals surface area contributed by atoms with Gasteiger partial charge in [0.1, 0.15) is 0 Å². The van der Waals surface area contributed by atoms with Gasteiger partial charge in [0, 0.05) is 59.5 Å². The number of hydrogen-bond donors (Lipinski definition) is 2. The molecule has 0 amide bonds. The molecule has 0 radical (unpaired) electrons. The van der Waals surface area contributed by atoms with E-state index in [2.05, 4.69) is 112 Å². The Bertz CT molecular complexity index is 1450. The molecule has 3 aromatic carbocycles. The van der Waals surface area contributed by atoms with Crippen LogP contribution in [-0.4, -0.2) is 48.1 Å². The third-order valence-electron chi connectivity index (χ3n) is 7.04. The van der Waals surface area contributed by atoms with E-state index >= 15 is 0 Å². The number of nitrogens with zero attached hydrogens (tertiary/aromatic N) is 3. The standard InChI is InChI=1S/C29H29N5/c1-33(2)25-13-16-34(19-25)24-8-6-23(7-9-24)32-28-12-15-30-27-10-5-21(17-26(27)28)22-4-3-20-11-14-31-29(20)18-22/h3-12,14-15,17-18,25,31H,13,16,19H2,1-2H3,(H,30,32). The monoisotopic (exact) mass is 447 g/mol. The molecule has 5 aromatic rings. The van der Waals surface area contributed by atoms with Gasteiger partial charge in [-0.1, -0.05) is 18.2 Å². The topological polar surface area (TPSA) is 47.2 Å². The molecule has 1 atom stereocenters. The van der Waals surface area contributed by atoms with Gasteiger partial charge in [0.15, 0.2) is 0 Å². The van der Waals surface area contributed by atoms with E-state index in [9.17, 15) is 0 Å². The summed E-state index contributed by atoms with van der Waals surface area (Å²) in [5, 5.41) is 5.96. The van der Waals surface area contributed by atoms with E-state index in [1.54, 1.807) is 0 Å². The van der Waals surface area contributed by atoms with E-state index in [-0.39, 0.29) is 0 Å². The summed E-state index contributed by atoms with van der Waals surface area (Å²) in [5.74, 6) is 0. The molecular formula is C29H29N5. The summed E-state index contributed by atoms with van der Waals surface area (Å²) in [4.78, 5) is 12.7. The summed E-state index contributed by atoms with van der Waals surface area (Å²) in [7, 11) is 4.34. The van der Waals surface area contributed by atoms with Crippen LogP contribution in [0.5, 0.6) is 0 Å². The van der Waals surface area contributed by atoms with Gasteiger partial charge < -0.3 is 20.1 Å². The second kappa shape index (κ2) is 8.50. The van der Waals surface area contributed by atoms with Gasteiger partial charge in [-0.2, -0.15) is 0 Å². The first-order valence-electron chi connectivity index (χ1n) is 11.9. The number of likely N-dealkylation sites (N-methyl/N-ethyl adjacent to an activating group) is 1. The Morgan fingerprint density at radius 3 is 2.59 bits per heavy atom. The van der Waals surface area contributed by atoms with E-state index in [1.165, 1.54) is 28.6 Å². The number of pyridine rings is 1. The molecule has 2 aromatic heterocycles. The number of hydrogen-bond acceptors (Lipinski definition) is 4. The molecule has 1 saturated heterocycles. The zero-order valence-electron chi connectivity index (χ0n) is 19.6. The molecule has 1 aliphatic heterocycles. The molecule has 34 heavy (non-hydrogen) atoms. The van der Waals surface area contributed by atoms with Crippen LogP contribution in [0.1, 0.15) is 6.42 Å². The number of H-pyrrole nitrogens is 1. The van der Waals surface area contributed by atoms with E-state index in [0.717, 1.165) is 40.9 Å². The minimum absolute atomic E-state index is 0.632. The number of rotatable bonds is 5. The van der Waals surface area contributed by atoms with Crippen LogP contribution in [-0.2, 0) is 0 Å². The lowest BCUT2D eigenvalue weighted by molar-refractivity contribution is 0.315. The molecule has 0 saturated carbocycles. The van der Waals surface area contributed by atoms with Crippen molar-refractivity contribution in [3.8, 4) is 11.1 Å². The van der Waals surface area contributed by atoms with Crippen LogP contribution in [0.4, 0.5) is 17.1 Å². The van der Waals surface area contributed by atoms with Crippen molar-refractivity contribution >= 4 is 38.9 Å². The number of benzene rings is 3. The van der Waals surface area contributed by atoms with Crippen molar-refractivity contribution in [2.75, 3.05) is 37.4 Å². The first-order chi connectivity index (χ1) is 16.6. The Morgan fingerprint density at radius 2 is 1.76 bits per heavy atom. The number of aromatic nitrogens is 2. The van der Waals surface area contributed by atoms with Crippen molar-refractivity contribution in [3.63, 3.8) is 0 Å². The van der Waals surface area contributed by atoms with Gasteiger partial charge >= 0.3 is 0 Å². The van der Waals surface area contributed by atoms with Gasteiger partial charge in [0.05, 0.1) is 5.52 Å². The van der Waals surface area contributed by atoms with Crippen molar-refractivity contribution in [2.24, 2.45) is 0 Å². The van der Waals surface area contributed by atoms with Crippen LogP contribution < -0.4 is 10.2 Å². The van der Waals surface area contributed by atoms with Crippen LogP contribution in [0.3, 0.4) is 0 Å². The lowest BCUT2D eigenvalue weighted by Crippen LogP contribution is -2.31. The normalized spacial score (nSPS) is 16.1. The van der Waals surface area contributed by atoms with Crippen molar-refractivity contribution in [1.29, 1.82) is 0 Å². The highest BCUT2D eigenvalue weighted by Gasteiger charge is 2.23. The summed E-state index contributed by atoms with van der Waals surface area (Å²) in [6.45, 7) is 2.20. The fraction of sp³-hybridized carbons (Fsp3) is 0.207. The predicted octanol–water partition coefficient (Wildman–Crippen LogP) is 6.27. The highest BCUT2D eigenvalue weighted by molar-refractivity contribution is 5.96. The van der Waals surface area contributed by atoms with Crippen LogP contribution in [0.2, 0.25) is 0 Å². The van der Waals surface area contributed by atoms with E-state index in [0.29, 0.717) is 6.04 Å². The maximum Gasteiger partial charge on any atom is 0.0723 e. The van der Waals surface area contributed by atoms with Gasteiger partial charge in [0.25, 0.3) is 0 Å². The van der Waals surface area contributed by atoms with Crippen LogP contribution >= 0.6 is 0 Å². The zero-order chi connectivity index (χ0) is 23.1. The molecule has 3 heterocycles. The molecule has 170 valence electrons. The van der Waals surface area contributed by atoms with E-state index in [4.69, 9.17) is 0 Å². The summed E-state index contributed by atoms with van der Waals surface area (Å²) < 4.78 is 0. The van der Waals surface area contributed by atoms with Crippen molar-refractivity contribution in [3.05, 3.63) is 85.2 Å². The smallest absolute Gasteiger partial charge is 0.0723 e. The molecule has 1 aliphatic rings. The number of aromatic amines is 1. The molecule has 6 rings (SSSR count). The summed E-state index contributed by atoms with van der Waals surface area (Å²) in [5.41, 5.74) is 7.94. The maximum atomic E-state index is 4.59. The largest absolute Gasteiger partial charge is 0.370 e. The van der Waals surface area contributed by atoms with Crippen LogP contribution in [0.25, 0.3) is 32.9 Å². The molecule has 0 aliphatic carbocycles. The Morgan fingerprint density at radius 1 is 0.941 bits per heavy atom. The number of fused-ring (bicyclic) bond motifs is 2. The van der Waals surface area contributed by atoms with Crippen molar-refractivity contribution in [2.45, 2.75) is 12.5 Å². The molecule has 5 heteroatoms. The minimum atomic E-state index is 0.632. The summed E-state index contributed by atoms with van der Waals surface area (Å²) in [6, 6.07) is 26.6. The quantitative estimate of drug-likeness (QED) is 0.333. The second-order valence-electron chi connectivity index (χ2n) is 9.39. The minimum Gasteiger partial charge on any atom is -0.370 e. The fourth-order valence-electron chi connectivity index (χ4n) is 4.97. The van der Waals surface area contributed by atoms with Gasteiger partial charge in [-0.05, 0) is 91.6 Å². The SMILES string of the molecule is CN(C)C1CCN(c2ccc(Nc3ccnc4ccc(-c5ccc6cc[nH]c6c5)cc34)cc2)C1. The molecule has 1 fully saturated rings. The average Bonchev–Trinajstić information content (AvgIpc) is 3.54. The summed E-state index contributed by atoms with van der Waals surface area (Å²) >= 11 is 0. The fourth-order valence-corrected chi connectivity index (χ4v) is 4.97. The zero-order valence-corrected chi connectivity index (χ0v) is 19.6. The molecular weight excluding hydrogens is 418 g/mol. The van der Waals surface area contributed by atoms with E-state index < -0.39 is 0 Å². The molecule has 0 spiro atoms. The van der Waals surface area contributed by atoms with Gasteiger partial charge in [0.2, 0.25) is 0 Å². The third kappa shape index (κ3) is 3.88. The number of anilines is 3. The van der Waals surface area contributed by atoms with Gasteiger partial charge in [-0.25, -0.2) is 0 Å². The van der Waals surface area contributed by atoms with Gasteiger partial charge in [-0.3, -0.25) is 4.98 Å². The Labute approximate surface area is 200 Å². The van der Waals surface area contributed by atoms with Crippen LogP contribution in [0.15, 0.2) is 85.2 Å². The predicted molar refractivity (Wildman–Crippen MR) is 143 cm³/mol. The van der Waals surface area contributed by atoms with E-state index in [1.807, 2.05) is 12.4 Å². The Hall–Kier alpha value is -3.83. The Balaban J connectivity index is 1.27. The average molecular weight is 448 g/mol. The molecule has 5 nitrogen and oxygen atoms in total. The highest BCUT2D eigenvalue weighted by atomic mass is 15.2. The molecule has 0 bridgehead atoms. The lowest BCUT2D eigenvalue weighted by Gasteiger charge is -2.22. The highest BCUT2D eigenvalue weighted by Crippen LogP contribution is 2.32. The molecule has 2 N–H and O–H groups in total. The maximum absolute atomic E-state index is 4.59. The lowest BCUT2D eigenvalue weighted by atomic mass is 10.0. The van der Waals surface area contributed by atoms with Gasteiger partial charge in [-0.15, -0.1) is 0 Å².